The number of hydrogen-bond donors (Lipinski definition) is 1. The molecule has 0 amide bonds. The van der Waals surface area contributed by atoms with Crippen molar-refractivity contribution in [2.24, 2.45) is 5.92 Å². The van der Waals surface area contributed by atoms with Crippen LogP contribution in [0.25, 0.3) is 5.69 Å². The summed E-state index contributed by atoms with van der Waals surface area (Å²) in [5.41, 5.74) is 0.0228. The van der Waals surface area contributed by atoms with Gasteiger partial charge in [0.05, 0.1) is 11.6 Å². The van der Waals surface area contributed by atoms with Crippen LogP contribution in [-0.4, -0.2) is 33.7 Å². The number of hydrogen-bond acceptors (Lipinski definition) is 4. The van der Waals surface area contributed by atoms with Crippen molar-refractivity contribution in [3.05, 3.63) is 52.8 Å². The van der Waals surface area contributed by atoms with E-state index in [1.54, 1.807) is 11.0 Å². The van der Waals surface area contributed by atoms with E-state index in [0.29, 0.717) is 25.1 Å². The number of rotatable bonds is 3. The summed E-state index contributed by atoms with van der Waals surface area (Å²) in [5.74, 6) is -1.61. The quantitative estimate of drug-likeness (QED) is 0.932. The molecule has 1 N–H and O–H groups in total. The molecule has 0 spiro atoms. The highest BCUT2D eigenvalue weighted by Gasteiger charge is 2.27. The third kappa shape index (κ3) is 3.08. The number of aliphatic carboxylic acids is 1. The van der Waals surface area contributed by atoms with Crippen LogP contribution in [0.3, 0.4) is 0 Å². The minimum Gasteiger partial charge on any atom is -0.481 e. The molecule has 1 aliphatic heterocycles. The number of carboxylic acids is 1. The van der Waals surface area contributed by atoms with E-state index < -0.39 is 17.7 Å². The van der Waals surface area contributed by atoms with E-state index in [2.05, 4.69) is 4.98 Å². The molecule has 120 valence electrons. The van der Waals surface area contributed by atoms with E-state index in [9.17, 15) is 14.0 Å². The Hall–Kier alpha value is -2.70. The Morgan fingerprint density at radius 1 is 1.39 bits per heavy atom. The molecular formula is C16H16FN3O3. The highest BCUT2D eigenvalue weighted by Crippen LogP contribution is 2.20. The molecule has 0 bridgehead atoms. The van der Waals surface area contributed by atoms with Crippen molar-refractivity contribution >= 4 is 11.8 Å². The van der Waals surface area contributed by atoms with E-state index in [1.165, 1.54) is 35.2 Å². The smallest absolute Gasteiger partial charge is 0.308 e. The van der Waals surface area contributed by atoms with Gasteiger partial charge in [0.1, 0.15) is 5.82 Å². The first kappa shape index (κ1) is 15.2. The number of piperidine rings is 1. The monoisotopic (exact) mass is 317 g/mol. The van der Waals surface area contributed by atoms with Gasteiger partial charge in [0.15, 0.2) is 5.82 Å². The van der Waals surface area contributed by atoms with Gasteiger partial charge in [-0.25, -0.2) is 9.37 Å². The maximum atomic E-state index is 13.4. The molecule has 0 saturated carbocycles. The van der Waals surface area contributed by atoms with Gasteiger partial charge in [-0.3, -0.25) is 14.2 Å². The molecule has 23 heavy (non-hydrogen) atoms. The van der Waals surface area contributed by atoms with Crippen molar-refractivity contribution in [1.29, 1.82) is 0 Å². The molecule has 1 atom stereocenters. The zero-order valence-corrected chi connectivity index (χ0v) is 12.4. The molecule has 0 radical (unpaired) electrons. The van der Waals surface area contributed by atoms with Crippen molar-refractivity contribution < 1.29 is 14.3 Å². The second kappa shape index (κ2) is 6.20. The van der Waals surface area contributed by atoms with Gasteiger partial charge in [0.25, 0.3) is 5.56 Å². The number of carboxylic acid groups (broad SMARTS) is 1. The van der Waals surface area contributed by atoms with Crippen molar-refractivity contribution in [3.8, 4) is 5.69 Å². The van der Waals surface area contributed by atoms with Gasteiger partial charge in [-0.2, -0.15) is 0 Å². The predicted octanol–water partition coefficient (Wildman–Crippen LogP) is 1.67. The molecule has 0 unspecified atom stereocenters. The lowest BCUT2D eigenvalue weighted by Gasteiger charge is -2.31. The Morgan fingerprint density at radius 2 is 2.22 bits per heavy atom. The number of benzene rings is 1. The van der Waals surface area contributed by atoms with Crippen molar-refractivity contribution in [1.82, 2.24) is 9.55 Å². The minimum atomic E-state index is -0.865. The molecule has 7 heteroatoms. The van der Waals surface area contributed by atoms with Crippen LogP contribution in [0.2, 0.25) is 0 Å². The lowest BCUT2D eigenvalue weighted by atomic mass is 9.98. The van der Waals surface area contributed by atoms with Gasteiger partial charge < -0.3 is 10.0 Å². The fourth-order valence-corrected chi connectivity index (χ4v) is 2.82. The van der Waals surface area contributed by atoms with Crippen molar-refractivity contribution in [3.63, 3.8) is 0 Å². The molecule has 6 nitrogen and oxygen atoms in total. The zero-order valence-electron chi connectivity index (χ0n) is 12.4. The fourth-order valence-electron chi connectivity index (χ4n) is 2.82. The Kier molecular flexibility index (Phi) is 4.10. The topological polar surface area (TPSA) is 75.4 Å². The third-order valence-corrected chi connectivity index (χ3v) is 3.98. The molecule has 2 heterocycles. The summed E-state index contributed by atoms with van der Waals surface area (Å²) in [4.78, 5) is 29.6. The molecule has 1 aliphatic rings. The SMILES string of the molecule is O=C(O)[C@@H]1CCCN(c2nccn(-c3cccc(F)c3)c2=O)C1. The number of halogens is 1. The number of nitrogens with zero attached hydrogens (tertiary/aromatic N) is 3. The van der Waals surface area contributed by atoms with Gasteiger partial charge in [-0.15, -0.1) is 0 Å². The average Bonchev–Trinajstić information content (AvgIpc) is 2.55. The third-order valence-electron chi connectivity index (χ3n) is 3.98. The first-order chi connectivity index (χ1) is 11.1. The molecule has 3 rings (SSSR count). The lowest BCUT2D eigenvalue weighted by molar-refractivity contribution is -0.141. The van der Waals surface area contributed by atoms with Gasteiger partial charge >= 0.3 is 5.97 Å². The maximum absolute atomic E-state index is 13.4. The Balaban J connectivity index is 1.97. The summed E-state index contributed by atoms with van der Waals surface area (Å²) < 4.78 is 14.7. The predicted molar refractivity (Wildman–Crippen MR) is 82.4 cm³/mol. The van der Waals surface area contributed by atoms with Gasteiger partial charge in [0, 0.05) is 25.5 Å². The summed E-state index contributed by atoms with van der Waals surface area (Å²) in [6.45, 7) is 0.837. The lowest BCUT2D eigenvalue weighted by Crippen LogP contribution is -2.42. The molecule has 1 saturated heterocycles. The van der Waals surface area contributed by atoms with Gasteiger partial charge in [-0.05, 0) is 31.0 Å². The highest BCUT2D eigenvalue weighted by molar-refractivity contribution is 5.71. The van der Waals surface area contributed by atoms with Gasteiger partial charge in [-0.1, -0.05) is 6.07 Å². The van der Waals surface area contributed by atoms with E-state index in [4.69, 9.17) is 5.11 Å². The molecule has 2 aromatic rings. The number of aromatic nitrogens is 2. The van der Waals surface area contributed by atoms with Crippen molar-refractivity contribution in [2.75, 3.05) is 18.0 Å². The molecule has 1 aromatic heterocycles. The average molecular weight is 317 g/mol. The molecule has 1 fully saturated rings. The van der Waals surface area contributed by atoms with Crippen LogP contribution in [0, 0.1) is 11.7 Å². The molecular weight excluding hydrogens is 301 g/mol. The Labute approximate surface area is 131 Å². The van der Waals surface area contributed by atoms with E-state index in [1.807, 2.05) is 0 Å². The molecule has 0 aliphatic carbocycles. The van der Waals surface area contributed by atoms with Crippen LogP contribution in [0.5, 0.6) is 0 Å². The van der Waals surface area contributed by atoms with Gasteiger partial charge in [0.2, 0.25) is 0 Å². The summed E-state index contributed by atoms with van der Waals surface area (Å²) in [5, 5.41) is 9.16. The van der Waals surface area contributed by atoms with Crippen LogP contribution < -0.4 is 10.5 Å². The zero-order chi connectivity index (χ0) is 16.4. The first-order valence-corrected chi connectivity index (χ1v) is 7.37. The van der Waals surface area contributed by atoms with Crippen LogP contribution in [0.15, 0.2) is 41.5 Å². The first-order valence-electron chi connectivity index (χ1n) is 7.37. The largest absolute Gasteiger partial charge is 0.481 e. The van der Waals surface area contributed by atoms with Crippen molar-refractivity contribution in [2.45, 2.75) is 12.8 Å². The summed E-state index contributed by atoms with van der Waals surface area (Å²) in [6.07, 6.45) is 4.22. The Bertz CT molecular complexity index is 790. The summed E-state index contributed by atoms with van der Waals surface area (Å²) in [6, 6.07) is 5.73. The van der Waals surface area contributed by atoms with Crippen LogP contribution in [-0.2, 0) is 4.79 Å². The number of carbonyl (C=O) groups is 1. The Morgan fingerprint density at radius 3 is 2.96 bits per heavy atom. The number of anilines is 1. The van der Waals surface area contributed by atoms with E-state index >= 15 is 0 Å². The molecule has 1 aromatic carbocycles. The second-order valence-electron chi connectivity index (χ2n) is 5.53. The second-order valence-corrected chi connectivity index (χ2v) is 5.53. The van der Waals surface area contributed by atoms with E-state index in [0.717, 1.165) is 0 Å². The highest BCUT2D eigenvalue weighted by atomic mass is 19.1. The van der Waals surface area contributed by atoms with Crippen LogP contribution in [0.1, 0.15) is 12.8 Å². The summed E-state index contributed by atoms with van der Waals surface area (Å²) >= 11 is 0. The van der Waals surface area contributed by atoms with E-state index in [-0.39, 0.29) is 17.9 Å². The van der Waals surface area contributed by atoms with Crippen LogP contribution >= 0.6 is 0 Å². The normalized spacial score (nSPS) is 18.0. The summed E-state index contributed by atoms with van der Waals surface area (Å²) in [7, 11) is 0. The fraction of sp³-hybridized carbons (Fsp3) is 0.312. The van der Waals surface area contributed by atoms with Crippen LogP contribution in [0.4, 0.5) is 10.2 Å². The minimum absolute atomic E-state index is 0.197. The standard InChI is InChI=1S/C16H16FN3O3/c17-12-4-1-5-13(9-12)20-8-6-18-14(15(20)21)19-7-2-3-11(10-19)16(22)23/h1,4-6,8-9,11H,2-3,7,10H2,(H,22,23)/t11-/m1/s1. The maximum Gasteiger partial charge on any atom is 0.308 e.